The van der Waals surface area contributed by atoms with Crippen LogP contribution in [0.3, 0.4) is 0 Å². The van der Waals surface area contributed by atoms with E-state index in [1.807, 2.05) is 31.2 Å². The molecule has 2 aromatic carbocycles. The highest BCUT2D eigenvalue weighted by Gasteiger charge is 2.25. The van der Waals surface area contributed by atoms with Crippen LogP contribution in [-0.4, -0.2) is 15.7 Å². The van der Waals surface area contributed by atoms with Crippen molar-refractivity contribution in [3.63, 3.8) is 0 Å². The first-order chi connectivity index (χ1) is 12.6. The normalized spacial score (nSPS) is 13.3. The molecule has 0 spiro atoms. The summed E-state index contributed by atoms with van der Waals surface area (Å²) in [6, 6.07) is 13.9. The number of carbonyl (C=O) groups is 1. The molecule has 3 aromatic rings. The highest BCUT2D eigenvalue weighted by atomic mass is 19.1. The SMILES string of the molecule is Cc1ccccc1NC(=O)c1nn(-c2ccc(F)cc2)c2c1CCCC2. The van der Waals surface area contributed by atoms with Gasteiger partial charge in [-0.3, -0.25) is 4.79 Å². The molecule has 0 aliphatic heterocycles. The Kier molecular flexibility index (Phi) is 4.29. The number of anilines is 1. The number of amides is 1. The first kappa shape index (κ1) is 16.5. The Morgan fingerprint density at radius 2 is 1.81 bits per heavy atom. The molecule has 1 heterocycles. The van der Waals surface area contributed by atoms with Crippen LogP contribution >= 0.6 is 0 Å². The van der Waals surface area contributed by atoms with Gasteiger partial charge in [0.15, 0.2) is 5.69 Å². The highest BCUT2D eigenvalue weighted by molar-refractivity contribution is 6.04. The van der Waals surface area contributed by atoms with Crippen LogP contribution < -0.4 is 5.32 Å². The number of aryl methyl sites for hydroxylation is 1. The minimum atomic E-state index is -0.285. The minimum Gasteiger partial charge on any atom is -0.320 e. The number of carbonyl (C=O) groups excluding carboxylic acids is 1. The fourth-order valence-corrected chi connectivity index (χ4v) is 3.47. The second kappa shape index (κ2) is 6.75. The zero-order valence-corrected chi connectivity index (χ0v) is 14.6. The fraction of sp³-hybridized carbons (Fsp3) is 0.238. The van der Waals surface area contributed by atoms with Crippen LogP contribution in [0.4, 0.5) is 10.1 Å². The quantitative estimate of drug-likeness (QED) is 0.759. The van der Waals surface area contributed by atoms with E-state index in [0.717, 1.165) is 53.9 Å². The minimum absolute atomic E-state index is 0.196. The second-order valence-corrected chi connectivity index (χ2v) is 6.64. The van der Waals surface area contributed by atoms with Gasteiger partial charge in [-0.15, -0.1) is 0 Å². The summed E-state index contributed by atoms with van der Waals surface area (Å²) in [5.74, 6) is -0.481. The van der Waals surface area contributed by atoms with Crippen LogP contribution in [-0.2, 0) is 12.8 Å². The Bertz CT molecular complexity index is 960. The van der Waals surface area contributed by atoms with Gasteiger partial charge in [0.05, 0.1) is 5.69 Å². The molecule has 1 aliphatic rings. The van der Waals surface area contributed by atoms with E-state index < -0.39 is 0 Å². The number of nitrogens with one attached hydrogen (secondary N) is 1. The number of hydrogen-bond donors (Lipinski definition) is 1. The van der Waals surface area contributed by atoms with Crippen molar-refractivity contribution in [1.82, 2.24) is 9.78 Å². The van der Waals surface area contributed by atoms with E-state index in [0.29, 0.717) is 5.69 Å². The van der Waals surface area contributed by atoms with E-state index in [1.54, 1.807) is 16.8 Å². The maximum Gasteiger partial charge on any atom is 0.276 e. The number of benzene rings is 2. The van der Waals surface area contributed by atoms with Crippen molar-refractivity contribution in [2.75, 3.05) is 5.32 Å². The predicted octanol–water partition coefficient (Wildman–Crippen LogP) is 4.45. The van der Waals surface area contributed by atoms with Crippen molar-refractivity contribution < 1.29 is 9.18 Å². The largest absolute Gasteiger partial charge is 0.320 e. The second-order valence-electron chi connectivity index (χ2n) is 6.64. The third-order valence-corrected chi connectivity index (χ3v) is 4.86. The van der Waals surface area contributed by atoms with Crippen molar-refractivity contribution in [1.29, 1.82) is 0 Å². The molecule has 1 amide bonds. The number of hydrogen-bond acceptors (Lipinski definition) is 2. The molecule has 132 valence electrons. The zero-order valence-electron chi connectivity index (χ0n) is 14.6. The van der Waals surface area contributed by atoms with Crippen LogP contribution in [0.25, 0.3) is 5.69 Å². The summed E-state index contributed by atoms with van der Waals surface area (Å²) in [6.45, 7) is 1.96. The van der Waals surface area contributed by atoms with Gasteiger partial charge < -0.3 is 5.32 Å². The standard InChI is InChI=1S/C21H20FN3O/c1-14-6-2-4-8-18(14)23-21(26)20-17-7-3-5-9-19(17)25(24-20)16-12-10-15(22)11-13-16/h2,4,6,8,10-13H,3,5,7,9H2,1H3,(H,23,26). The number of fused-ring (bicyclic) bond motifs is 1. The molecule has 26 heavy (non-hydrogen) atoms. The van der Waals surface area contributed by atoms with Gasteiger partial charge in [-0.1, -0.05) is 18.2 Å². The van der Waals surface area contributed by atoms with Crippen LogP contribution in [0.5, 0.6) is 0 Å². The van der Waals surface area contributed by atoms with E-state index in [1.165, 1.54) is 12.1 Å². The number of para-hydroxylation sites is 1. The van der Waals surface area contributed by atoms with Gasteiger partial charge in [-0.25, -0.2) is 9.07 Å². The Morgan fingerprint density at radius 1 is 1.08 bits per heavy atom. The fourth-order valence-electron chi connectivity index (χ4n) is 3.47. The van der Waals surface area contributed by atoms with E-state index >= 15 is 0 Å². The summed E-state index contributed by atoms with van der Waals surface area (Å²) >= 11 is 0. The molecular weight excluding hydrogens is 329 g/mol. The third kappa shape index (κ3) is 3.01. The predicted molar refractivity (Wildman–Crippen MR) is 99.3 cm³/mol. The monoisotopic (exact) mass is 349 g/mol. The van der Waals surface area contributed by atoms with E-state index in [-0.39, 0.29) is 11.7 Å². The Labute approximate surface area is 151 Å². The molecule has 0 saturated heterocycles. The molecular formula is C21H20FN3O. The van der Waals surface area contributed by atoms with Crippen molar-refractivity contribution >= 4 is 11.6 Å². The molecule has 1 aromatic heterocycles. The van der Waals surface area contributed by atoms with Gasteiger partial charge in [0.2, 0.25) is 0 Å². The molecule has 0 fully saturated rings. The van der Waals surface area contributed by atoms with Crippen molar-refractivity contribution in [3.8, 4) is 5.69 Å². The summed E-state index contributed by atoms with van der Waals surface area (Å²) in [7, 11) is 0. The zero-order chi connectivity index (χ0) is 18.1. The van der Waals surface area contributed by atoms with Crippen LogP contribution in [0.15, 0.2) is 48.5 Å². The van der Waals surface area contributed by atoms with Gasteiger partial charge in [0.25, 0.3) is 5.91 Å². The summed E-state index contributed by atoms with van der Waals surface area (Å²) in [6.07, 6.45) is 3.83. The van der Waals surface area contributed by atoms with Crippen LogP contribution in [0.2, 0.25) is 0 Å². The van der Waals surface area contributed by atoms with Crippen molar-refractivity contribution in [3.05, 3.63) is 76.9 Å². The molecule has 1 aliphatic carbocycles. The smallest absolute Gasteiger partial charge is 0.276 e. The summed E-state index contributed by atoms with van der Waals surface area (Å²) < 4.78 is 15.1. The van der Waals surface area contributed by atoms with Gasteiger partial charge in [0.1, 0.15) is 5.82 Å². The Balaban J connectivity index is 1.73. The molecule has 0 saturated carbocycles. The van der Waals surface area contributed by atoms with Crippen LogP contribution in [0, 0.1) is 12.7 Å². The lowest BCUT2D eigenvalue weighted by molar-refractivity contribution is 0.102. The number of rotatable bonds is 3. The average molecular weight is 349 g/mol. The number of aromatic nitrogens is 2. The third-order valence-electron chi connectivity index (χ3n) is 4.86. The molecule has 5 heteroatoms. The lowest BCUT2D eigenvalue weighted by atomic mass is 9.95. The topological polar surface area (TPSA) is 46.9 Å². The molecule has 0 radical (unpaired) electrons. The number of nitrogens with zero attached hydrogens (tertiary/aromatic N) is 2. The Morgan fingerprint density at radius 3 is 2.58 bits per heavy atom. The molecule has 0 unspecified atom stereocenters. The van der Waals surface area contributed by atoms with Crippen molar-refractivity contribution in [2.45, 2.75) is 32.6 Å². The van der Waals surface area contributed by atoms with Gasteiger partial charge in [0, 0.05) is 16.9 Å². The maximum absolute atomic E-state index is 13.3. The van der Waals surface area contributed by atoms with E-state index in [9.17, 15) is 9.18 Å². The lowest BCUT2D eigenvalue weighted by Crippen LogP contribution is -2.16. The average Bonchev–Trinajstić information content (AvgIpc) is 3.04. The maximum atomic E-state index is 13.3. The molecule has 4 rings (SSSR count). The van der Waals surface area contributed by atoms with Gasteiger partial charge in [-0.2, -0.15) is 5.10 Å². The summed E-state index contributed by atoms with van der Waals surface area (Å²) in [5, 5.41) is 7.58. The lowest BCUT2D eigenvalue weighted by Gasteiger charge is -2.14. The molecule has 0 bridgehead atoms. The summed E-state index contributed by atoms with van der Waals surface area (Å²) in [4.78, 5) is 12.9. The molecule has 0 atom stereocenters. The summed E-state index contributed by atoms with van der Waals surface area (Å²) in [5.41, 5.74) is 5.10. The number of halogens is 1. The first-order valence-electron chi connectivity index (χ1n) is 8.87. The van der Waals surface area contributed by atoms with Gasteiger partial charge >= 0.3 is 0 Å². The van der Waals surface area contributed by atoms with Crippen LogP contribution in [0.1, 0.15) is 40.2 Å². The van der Waals surface area contributed by atoms with Crippen molar-refractivity contribution in [2.24, 2.45) is 0 Å². The highest BCUT2D eigenvalue weighted by Crippen LogP contribution is 2.28. The Hall–Kier alpha value is -2.95. The molecule has 4 nitrogen and oxygen atoms in total. The van der Waals surface area contributed by atoms with Gasteiger partial charge in [-0.05, 0) is 68.5 Å². The first-order valence-corrected chi connectivity index (χ1v) is 8.87. The van der Waals surface area contributed by atoms with E-state index in [2.05, 4.69) is 10.4 Å². The molecule has 1 N–H and O–H groups in total. The van der Waals surface area contributed by atoms with E-state index in [4.69, 9.17) is 0 Å².